The molecule has 0 saturated heterocycles. The van der Waals surface area contributed by atoms with Gasteiger partial charge in [0.2, 0.25) is 0 Å². The van der Waals surface area contributed by atoms with E-state index in [1.54, 1.807) is 14.2 Å². The van der Waals surface area contributed by atoms with Gasteiger partial charge in [-0.25, -0.2) is 4.98 Å². The molecule has 0 bridgehead atoms. The minimum Gasteiger partial charge on any atom is -0.496 e. The summed E-state index contributed by atoms with van der Waals surface area (Å²) in [4.78, 5) is 8.00. The minimum atomic E-state index is -2.61. The topological polar surface area (TPSA) is 63.5 Å². The first-order valence-electron chi connectivity index (χ1n) is 7.43. The number of imidazole rings is 1. The molecule has 1 heterocycles. The van der Waals surface area contributed by atoms with Crippen molar-refractivity contribution in [2.45, 2.75) is 26.6 Å². The van der Waals surface area contributed by atoms with E-state index in [9.17, 15) is 8.78 Å². The molecule has 0 fully saturated rings. The molecule has 0 radical (unpaired) electrons. The Morgan fingerprint density at radius 1 is 1.33 bits per heavy atom. The molecule has 1 aromatic heterocycles. The highest BCUT2D eigenvalue weighted by atomic mass is 19.3. The summed E-state index contributed by atoms with van der Waals surface area (Å²) in [6.07, 6.45) is 2.59. The maximum absolute atomic E-state index is 12.8. The molecule has 1 aromatic carbocycles. The van der Waals surface area contributed by atoms with E-state index in [4.69, 9.17) is 4.74 Å². The Labute approximate surface area is 139 Å². The largest absolute Gasteiger partial charge is 0.496 e. The molecule has 24 heavy (non-hydrogen) atoms. The number of hydrogen-bond acceptors (Lipinski definition) is 3. The number of guanidine groups is 1. The van der Waals surface area contributed by atoms with Gasteiger partial charge in [-0.2, -0.15) is 8.78 Å². The number of ether oxygens (including phenoxy) is 1. The molecule has 2 rings (SSSR count). The van der Waals surface area contributed by atoms with Gasteiger partial charge in [0.15, 0.2) is 5.96 Å². The van der Waals surface area contributed by atoms with Crippen molar-refractivity contribution >= 4 is 5.96 Å². The van der Waals surface area contributed by atoms with Gasteiger partial charge in [0.25, 0.3) is 0 Å². The van der Waals surface area contributed by atoms with E-state index in [-0.39, 0.29) is 12.4 Å². The van der Waals surface area contributed by atoms with E-state index in [0.29, 0.717) is 12.5 Å². The van der Waals surface area contributed by atoms with Crippen LogP contribution >= 0.6 is 0 Å². The van der Waals surface area contributed by atoms with Gasteiger partial charge in [0, 0.05) is 31.5 Å². The summed E-state index contributed by atoms with van der Waals surface area (Å²) in [5.41, 5.74) is 2.08. The number of aryl methyl sites for hydroxylation is 1. The average molecular weight is 337 g/mol. The van der Waals surface area contributed by atoms with Gasteiger partial charge in [0.1, 0.15) is 11.6 Å². The SMILES string of the molecule is CN=C(NCc1ccc(C)cc1OC)NCc1nccn1C(F)F. The zero-order valence-electron chi connectivity index (χ0n) is 13.9. The molecule has 0 aliphatic carbocycles. The summed E-state index contributed by atoms with van der Waals surface area (Å²) in [5, 5.41) is 6.09. The van der Waals surface area contributed by atoms with Crippen molar-refractivity contribution in [1.29, 1.82) is 0 Å². The summed E-state index contributed by atoms with van der Waals surface area (Å²) >= 11 is 0. The molecule has 0 amide bonds. The lowest BCUT2D eigenvalue weighted by atomic mass is 10.1. The van der Waals surface area contributed by atoms with Crippen LogP contribution in [0.15, 0.2) is 35.6 Å². The molecular formula is C16H21F2N5O. The maximum Gasteiger partial charge on any atom is 0.319 e. The Kier molecular flexibility index (Phi) is 6.11. The van der Waals surface area contributed by atoms with E-state index in [0.717, 1.165) is 21.4 Å². The van der Waals surface area contributed by atoms with Crippen LogP contribution in [0.1, 0.15) is 23.5 Å². The van der Waals surface area contributed by atoms with Gasteiger partial charge < -0.3 is 15.4 Å². The number of rotatable bonds is 6. The smallest absolute Gasteiger partial charge is 0.319 e. The minimum absolute atomic E-state index is 0.141. The van der Waals surface area contributed by atoms with E-state index in [1.807, 2.05) is 25.1 Å². The molecule has 2 N–H and O–H groups in total. The third-order valence-electron chi connectivity index (χ3n) is 3.49. The van der Waals surface area contributed by atoms with Gasteiger partial charge in [-0.3, -0.25) is 9.56 Å². The van der Waals surface area contributed by atoms with Crippen LogP contribution in [-0.2, 0) is 13.1 Å². The molecular weight excluding hydrogens is 316 g/mol. The summed E-state index contributed by atoms with van der Waals surface area (Å²) in [6.45, 7) is 0.0101. The van der Waals surface area contributed by atoms with Crippen molar-refractivity contribution in [3.05, 3.63) is 47.5 Å². The van der Waals surface area contributed by atoms with Crippen LogP contribution in [0.2, 0.25) is 0 Å². The van der Waals surface area contributed by atoms with Crippen LogP contribution in [0.25, 0.3) is 0 Å². The van der Waals surface area contributed by atoms with E-state index in [2.05, 4.69) is 20.6 Å². The fourth-order valence-electron chi connectivity index (χ4n) is 2.22. The van der Waals surface area contributed by atoms with Crippen molar-refractivity contribution in [2.75, 3.05) is 14.2 Å². The van der Waals surface area contributed by atoms with Gasteiger partial charge >= 0.3 is 6.55 Å². The van der Waals surface area contributed by atoms with Gasteiger partial charge in [-0.1, -0.05) is 12.1 Å². The number of methoxy groups -OCH3 is 1. The van der Waals surface area contributed by atoms with Crippen LogP contribution in [-0.4, -0.2) is 29.7 Å². The number of aliphatic imine (C=N–C) groups is 1. The molecule has 0 atom stereocenters. The summed E-state index contributed by atoms with van der Waals surface area (Å²) in [7, 11) is 3.23. The molecule has 8 heteroatoms. The lowest BCUT2D eigenvalue weighted by Gasteiger charge is -2.14. The predicted molar refractivity (Wildman–Crippen MR) is 88.2 cm³/mol. The Morgan fingerprint density at radius 2 is 2.08 bits per heavy atom. The highest BCUT2D eigenvalue weighted by Crippen LogP contribution is 2.19. The predicted octanol–water partition coefficient (Wildman–Crippen LogP) is 2.46. The molecule has 2 aromatic rings. The second-order valence-electron chi connectivity index (χ2n) is 5.12. The first kappa shape index (κ1) is 17.7. The molecule has 0 unspecified atom stereocenters. The Hall–Kier alpha value is -2.64. The quantitative estimate of drug-likeness (QED) is 0.628. The number of aromatic nitrogens is 2. The molecule has 0 aliphatic heterocycles. The van der Waals surface area contributed by atoms with E-state index in [1.165, 1.54) is 12.4 Å². The van der Waals surface area contributed by atoms with Gasteiger partial charge in [-0.15, -0.1) is 0 Å². The standard InChI is InChI=1S/C16H21F2N5O/c1-11-4-5-12(13(8-11)24-3)9-21-16(19-2)22-10-14-20-6-7-23(14)15(17)18/h4-8,15H,9-10H2,1-3H3,(H2,19,21,22). The van der Waals surface area contributed by atoms with Crippen molar-refractivity contribution < 1.29 is 13.5 Å². The first-order chi connectivity index (χ1) is 11.5. The number of hydrogen-bond donors (Lipinski definition) is 2. The van der Waals surface area contributed by atoms with Gasteiger partial charge in [0.05, 0.1) is 13.7 Å². The van der Waals surface area contributed by atoms with E-state index >= 15 is 0 Å². The molecule has 0 aliphatic rings. The third kappa shape index (κ3) is 4.43. The zero-order chi connectivity index (χ0) is 17.5. The fourth-order valence-corrected chi connectivity index (χ4v) is 2.22. The third-order valence-corrected chi connectivity index (χ3v) is 3.49. The summed E-state index contributed by atoms with van der Waals surface area (Å²) in [5.74, 6) is 1.51. The number of alkyl halides is 2. The number of benzene rings is 1. The van der Waals surface area contributed by atoms with Crippen LogP contribution in [0.4, 0.5) is 8.78 Å². The first-order valence-corrected chi connectivity index (χ1v) is 7.43. The Morgan fingerprint density at radius 3 is 2.75 bits per heavy atom. The number of halogens is 2. The molecule has 6 nitrogen and oxygen atoms in total. The fraction of sp³-hybridized carbons (Fsp3) is 0.375. The van der Waals surface area contributed by atoms with Crippen molar-refractivity contribution in [3.63, 3.8) is 0 Å². The average Bonchev–Trinajstić information content (AvgIpc) is 3.04. The normalized spacial score (nSPS) is 11.7. The zero-order valence-corrected chi connectivity index (χ0v) is 13.9. The second-order valence-corrected chi connectivity index (χ2v) is 5.12. The molecule has 130 valence electrons. The lowest BCUT2D eigenvalue weighted by Crippen LogP contribution is -2.37. The summed E-state index contributed by atoms with van der Waals surface area (Å²) < 4.78 is 31.7. The highest BCUT2D eigenvalue weighted by molar-refractivity contribution is 5.79. The highest BCUT2D eigenvalue weighted by Gasteiger charge is 2.11. The van der Waals surface area contributed by atoms with Crippen LogP contribution in [0, 0.1) is 6.92 Å². The Balaban J connectivity index is 1.95. The second kappa shape index (κ2) is 8.28. The lowest BCUT2D eigenvalue weighted by molar-refractivity contribution is 0.0668. The number of nitrogens with one attached hydrogen (secondary N) is 2. The van der Waals surface area contributed by atoms with Crippen molar-refractivity contribution in [2.24, 2.45) is 4.99 Å². The summed E-state index contributed by atoms with van der Waals surface area (Å²) in [6, 6.07) is 5.92. The molecule has 0 saturated carbocycles. The van der Waals surface area contributed by atoms with Gasteiger partial charge in [-0.05, 0) is 18.6 Å². The van der Waals surface area contributed by atoms with E-state index < -0.39 is 6.55 Å². The monoisotopic (exact) mass is 337 g/mol. The van der Waals surface area contributed by atoms with Crippen LogP contribution in [0.5, 0.6) is 5.75 Å². The number of nitrogens with zero attached hydrogens (tertiary/aromatic N) is 3. The van der Waals surface area contributed by atoms with Crippen LogP contribution < -0.4 is 15.4 Å². The van der Waals surface area contributed by atoms with Crippen molar-refractivity contribution in [1.82, 2.24) is 20.2 Å². The molecule has 0 spiro atoms. The Bertz CT molecular complexity index is 700. The van der Waals surface area contributed by atoms with Crippen LogP contribution in [0.3, 0.4) is 0 Å². The maximum atomic E-state index is 12.8. The van der Waals surface area contributed by atoms with Crippen molar-refractivity contribution in [3.8, 4) is 5.75 Å².